The van der Waals surface area contributed by atoms with Gasteiger partial charge in [-0.25, -0.2) is 4.79 Å². The summed E-state index contributed by atoms with van der Waals surface area (Å²) in [5.41, 5.74) is 3.78. The molecule has 0 N–H and O–H groups in total. The van der Waals surface area contributed by atoms with Crippen LogP contribution >= 0.6 is 0 Å². The molecule has 0 radical (unpaired) electrons. The van der Waals surface area contributed by atoms with Gasteiger partial charge in [0.15, 0.2) is 34.5 Å². The second kappa shape index (κ2) is 12.7. The van der Waals surface area contributed by atoms with Gasteiger partial charge < -0.3 is 47.2 Å². The molecule has 53 heavy (non-hydrogen) atoms. The number of ketones is 1. The Balaban J connectivity index is 1.09. The van der Waals surface area contributed by atoms with Gasteiger partial charge in [0.05, 0.1) is 39.4 Å². The number of hydrogen-bond acceptors (Lipinski definition) is 12. The van der Waals surface area contributed by atoms with Crippen molar-refractivity contribution in [2.24, 2.45) is 11.8 Å². The predicted molar refractivity (Wildman–Crippen MR) is 185 cm³/mol. The summed E-state index contributed by atoms with van der Waals surface area (Å²) in [4.78, 5) is 41.7. The summed E-state index contributed by atoms with van der Waals surface area (Å²) < 4.78 is 53.1. The van der Waals surface area contributed by atoms with Crippen LogP contribution in [0.15, 0.2) is 72.9 Å². The Kier molecular flexibility index (Phi) is 7.79. The minimum absolute atomic E-state index is 0.00123. The van der Waals surface area contributed by atoms with Gasteiger partial charge in [-0.3, -0.25) is 9.59 Å². The smallest absolute Gasteiger partial charge is 0.380 e. The lowest BCUT2D eigenvalue weighted by Gasteiger charge is -2.38. The molecule has 0 saturated carbocycles. The minimum Gasteiger partial charge on any atom is -0.493 e. The van der Waals surface area contributed by atoms with Gasteiger partial charge in [0.2, 0.25) is 19.3 Å². The zero-order chi connectivity index (χ0) is 36.4. The molecule has 0 amide bonds. The summed E-state index contributed by atoms with van der Waals surface area (Å²) in [7, 11) is 4.54. The first-order valence-corrected chi connectivity index (χ1v) is 17.0. The number of carbonyl (C=O) groups is 3. The van der Waals surface area contributed by atoms with Crippen molar-refractivity contribution in [3.63, 3.8) is 0 Å². The van der Waals surface area contributed by atoms with E-state index in [1.54, 1.807) is 36.5 Å². The Bertz CT molecular complexity index is 2300. The molecule has 4 heterocycles. The molecular formula is C40H33NO12. The SMILES string of the molecule is COc1cc([C@@H]2c3cc4c(cc3[C@@H](OC(=O)C(=O)c3cn(Cc5ccc6c(c5)OCO6)c5ccccc35)[C@H]3COC(=O)[C@H]23)OCO4)cc(OC)c1OC. The van der Waals surface area contributed by atoms with Crippen molar-refractivity contribution in [1.82, 2.24) is 4.57 Å². The van der Waals surface area contributed by atoms with E-state index in [1.165, 1.54) is 21.3 Å². The van der Waals surface area contributed by atoms with Crippen LogP contribution in [0.2, 0.25) is 0 Å². The molecule has 0 bridgehead atoms. The number of para-hydroxylation sites is 1. The van der Waals surface area contributed by atoms with Crippen molar-refractivity contribution >= 4 is 28.6 Å². The van der Waals surface area contributed by atoms with Crippen LogP contribution < -0.4 is 33.2 Å². The fraction of sp³-hybridized carbons (Fsp3) is 0.275. The number of benzene rings is 4. The van der Waals surface area contributed by atoms with Crippen LogP contribution in [0.3, 0.4) is 0 Å². The normalized spacial score (nSPS) is 20.4. The fourth-order valence-corrected chi connectivity index (χ4v) is 8.02. The standard InChI is InChI=1S/C40H33NO12/c1-45-32-11-21(12-33(46-2)38(32)47-3)34-23-13-30-31(52-19-51-30)14-24(23)37(26-17-48-39(43)35(26)34)53-40(44)36(42)25-16-41(27-7-5-4-6-22(25)27)15-20-8-9-28-29(10-20)50-18-49-28/h4-14,16,26,34-35,37H,15,17-19H2,1-3H3/t26-,34+,35-,37+/m0/s1. The Labute approximate surface area is 302 Å². The summed E-state index contributed by atoms with van der Waals surface area (Å²) >= 11 is 0. The van der Waals surface area contributed by atoms with E-state index in [-0.39, 0.29) is 25.8 Å². The van der Waals surface area contributed by atoms with Gasteiger partial charge in [0, 0.05) is 41.0 Å². The molecule has 4 atom stereocenters. The Morgan fingerprint density at radius 1 is 0.774 bits per heavy atom. The first-order chi connectivity index (χ1) is 25.9. The van der Waals surface area contributed by atoms with Crippen molar-refractivity contribution in [2.45, 2.75) is 18.6 Å². The van der Waals surface area contributed by atoms with Gasteiger partial charge in [0.1, 0.15) is 6.10 Å². The third-order valence-electron chi connectivity index (χ3n) is 10.4. The second-order valence-electron chi connectivity index (χ2n) is 13.1. The van der Waals surface area contributed by atoms with Crippen molar-refractivity contribution in [3.05, 3.63) is 101 Å². The van der Waals surface area contributed by atoms with E-state index in [1.807, 2.05) is 41.0 Å². The highest BCUT2D eigenvalue weighted by molar-refractivity contribution is 6.43. The lowest BCUT2D eigenvalue weighted by molar-refractivity contribution is -0.149. The highest BCUT2D eigenvalue weighted by Crippen LogP contribution is 2.56. The maximum atomic E-state index is 14.1. The van der Waals surface area contributed by atoms with Crippen molar-refractivity contribution < 1.29 is 57.0 Å². The summed E-state index contributed by atoms with van der Waals surface area (Å²) in [5.74, 6) is -0.900. The van der Waals surface area contributed by atoms with Crippen molar-refractivity contribution in [1.29, 1.82) is 0 Å². The van der Waals surface area contributed by atoms with Gasteiger partial charge in [-0.2, -0.15) is 0 Å². The van der Waals surface area contributed by atoms with E-state index >= 15 is 0 Å². The molecule has 0 unspecified atom stereocenters. The maximum absolute atomic E-state index is 14.1. The fourth-order valence-electron chi connectivity index (χ4n) is 8.02. The summed E-state index contributed by atoms with van der Waals surface area (Å²) in [6, 6.07) is 20.2. The van der Waals surface area contributed by atoms with Crippen molar-refractivity contribution in [2.75, 3.05) is 41.5 Å². The van der Waals surface area contributed by atoms with Crippen LogP contribution in [0.25, 0.3) is 10.9 Å². The topological polar surface area (TPSA) is 139 Å². The third kappa shape index (κ3) is 5.25. The lowest BCUT2D eigenvalue weighted by atomic mass is 9.66. The summed E-state index contributed by atoms with van der Waals surface area (Å²) in [6.45, 7) is 0.545. The van der Waals surface area contributed by atoms with Gasteiger partial charge in [-0.05, 0) is 59.2 Å². The predicted octanol–water partition coefficient (Wildman–Crippen LogP) is 5.57. The van der Waals surface area contributed by atoms with E-state index in [2.05, 4.69) is 0 Å². The van der Waals surface area contributed by atoms with Crippen LogP contribution in [0.1, 0.15) is 44.6 Å². The van der Waals surface area contributed by atoms with Gasteiger partial charge >= 0.3 is 11.9 Å². The average Bonchev–Trinajstić information content (AvgIpc) is 4.00. The Hall–Kier alpha value is -6.37. The Morgan fingerprint density at radius 3 is 2.17 bits per heavy atom. The number of methoxy groups -OCH3 is 3. The van der Waals surface area contributed by atoms with Crippen LogP contribution in [-0.4, -0.2) is 63.8 Å². The van der Waals surface area contributed by atoms with E-state index < -0.39 is 41.6 Å². The van der Waals surface area contributed by atoms with Crippen LogP contribution in [-0.2, 0) is 25.6 Å². The number of Topliss-reactive ketones (excluding diaryl/α,β-unsaturated/α-hetero) is 1. The molecule has 4 aromatic carbocycles. The third-order valence-corrected chi connectivity index (χ3v) is 10.4. The van der Waals surface area contributed by atoms with E-state index in [0.717, 1.165) is 11.1 Å². The minimum atomic E-state index is -1.06. The molecule has 1 saturated heterocycles. The van der Waals surface area contributed by atoms with Crippen molar-refractivity contribution in [3.8, 4) is 40.2 Å². The number of cyclic esters (lactones) is 1. The lowest BCUT2D eigenvalue weighted by Crippen LogP contribution is -2.37. The second-order valence-corrected chi connectivity index (χ2v) is 13.1. The van der Waals surface area contributed by atoms with Gasteiger partial charge in [0.25, 0.3) is 5.78 Å². The quantitative estimate of drug-likeness (QED) is 0.107. The number of aromatic nitrogens is 1. The highest BCUT2D eigenvalue weighted by atomic mass is 16.7. The molecule has 13 nitrogen and oxygen atoms in total. The molecule has 5 aromatic rings. The molecule has 13 heteroatoms. The summed E-state index contributed by atoms with van der Waals surface area (Å²) in [5, 5.41) is 0.599. The number of ether oxygens (including phenoxy) is 9. The van der Waals surface area contributed by atoms with E-state index in [4.69, 9.17) is 42.6 Å². The largest absolute Gasteiger partial charge is 0.493 e. The number of rotatable bonds is 9. The first kappa shape index (κ1) is 32.5. The molecule has 4 aliphatic rings. The Morgan fingerprint density at radius 2 is 1.45 bits per heavy atom. The van der Waals surface area contributed by atoms with E-state index in [9.17, 15) is 14.4 Å². The summed E-state index contributed by atoms with van der Waals surface area (Å²) in [6.07, 6.45) is 0.643. The molecule has 3 aliphatic heterocycles. The molecule has 1 aromatic heterocycles. The maximum Gasteiger partial charge on any atom is 0.380 e. The monoisotopic (exact) mass is 719 g/mol. The zero-order valence-corrected chi connectivity index (χ0v) is 28.9. The van der Waals surface area contributed by atoms with Crippen LogP contribution in [0, 0.1) is 11.8 Å². The van der Waals surface area contributed by atoms with Gasteiger partial charge in [-0.1, -0.05) is 24.3 Å². The highest BCUT2D eigenvalue weighted by Gasteiger charge is 2.54. The number of esters is 2. The zero-order valence-electron chi connectivity index (χ0n) is 28.9. The average molecular weight is 720 g/mol. The number of nitrogens with zero attached hydrogens (tertiary/aromatic N) is 1. The van der Waals surface area contributed by atoms with Gasteiger partial charge in [-0.15, -0.1) is 0 Å². The molecular weight excluding hydrogens is 686 g/mol. The van der Waals surface area contributed by atoms with Crippen LogP contribution in [0.5, 0.6) is 40.2 Å². The molecule has 9 rings (SSSR count). The van der Waals surface area contributed by atoms with E-state index in [0.29, 0.717) is 68.9 Å². The molecule has 1 fully saturated rings. The number of fused-ring (bicyclic) bond motifs is 5. The number of carbonyl (C=O) groups excluding carboxylic acids is 3. The molecule has 1 aliphatic carbocycles. The number of hydrogen-bond donors (Lipinski definition) is 0. The first-order valence-electron chi connectivity index (χ1n) is 17.0. The van der Waals surface area contributed by atoms with Crippen LogP contribution in [0.4, 0.5) is 0 Å². The molecule has 270 valence electrons. The molecule has 0 spiro atoms.